The first-order chi connectivity index (χ1) is 15.2. The summed E-state index contributed by atoms with van der Waals surface area (Å²) in [6.07, 6.45) is 3.34. The number of aryl methyl sites for hydroxylation is 1. The van der Waals surface area contributed by atoms with Crippen LogP contribution in [0.15, 0.2) is 82.0 Å². The van der Waals surface area contributed by atoms with Crippen LogP contribution in [0.4, 0.5) is 11.6 Å². The average molecular weight is 555 g/mol. The van der Waals surface area contributed by atoms with Crippen molar-refractivity contribution >= 4 is 49.4 Å². The van der Waals surface area contributed by atoms with Crippen LogP contribution in [0.2, 0.25) is 0 Å². The Balaban J connectivity index is 0.000000182. The van der Waals surface area contributed by atoms with E-state index in [1.54, 1.807) is 36.7 Å². The van der Waals surface area contributed by atoms with E-state index in [1.807, 2.05) is 12.1 Å². The highest BCUT2D eigenvalue weighted by atomic mass is 79.9. The van der Waals surface area contributed by atoms with Gasteiger partial charge in [-0.25, -0.2) is 9.97 Å². The summed E-state index contributed by atoms with van der Waals surface area (Å²) in [6, 6.07) is 19.0. The van der Waals surface area contributed by atoms with Crippen molar-refractivity contribution in [2.45, 2.75) is 6.92 Å². The van der Waals surface area contributed by atoms with Crippen LogP contribution in [-0.2, 0) is 0 Å². The molecule has 0 saturated heterocycles. The molecule has 0 bridgehead atoms. The Kier molecular flexibility index (Phi) is 7.61. The molecule has 0 aliphatic carbocycles. The third kappa shape index (κ3) is 5.93. The van der Waals surface area contributed by atoms with E-state index in [1.165, 1.54) is 5.56 Å². The number of carbonyl (C=O) groups is 1. The van der Waals surface area contributed by atoms with Gasteiger partial charge in [-0.1, -0.05) is 42.0 Å². The van der Waals surface area contributed by atoms with E-state index in [-0.39, 0.29) is 0 Å². The smallest absolute Gasteiger partial charge is 0.248 e. The fourth-order valence-electron chi connectivity index (χ4n) is 2.91. The number of halogens is 2. The van der Waals surface area contributed by atoms with Gasteiger partial charge in [0.2, 0.25) is 5.91 Å². The Morgan fingerprint density at radius 3 is 1.56 bits per heavy atom. The number of carbonyl (C=O) groups excluding carboxylic acids is 1. The molecule has 6 nitrogen and oxygen atoms in total. The summed E-state index contributed by atoms with van der Waals surface area (Å²) in [7, 11) is 0. The molecule has 0 atom stereocenters. The Morgan fingerprint density at radius 1 is 0.750 bits per heavy atom. The third-order valence-electron chi connectivity index (χ3n) is 4.61. The molecular weight excluding hydrogens is 534 g/mol. The molecule has 0 unspecified atom stereocenters. The molecule has 8 heteroatoms. The first-order valence-electron chi connectivity index (χ1n) is 9.54. The molecule has 4 rings (SSSR count). The molecule has 0 aliphatic rings. The molecule has 0 radical (unpaired) electrons. The van der Waals surface area contributed by atoms with Crippen LogP contribution in [0.5, 0.6) is 0 Å². The van der Waals surface area contributed by atoms with Crippen molar-refractivity contribution in [2.24, 2.45) is 5.73 Å². The Bertz CT molecular complexity index is 1240. The zero-order valence-corrected chi connectivity index (χ0v) is 20.4. The maximum atomic E-state index is 10.9. The second-order valence-corrected chi connectivity index (χ2v) is 8.81. The van der Waals surface area contributed by atoms with E-state index in [0.29, 0.717) is 17.2 Å². The quantitative estimate of drug-likeness (QED) is 0.304. The summed E-state index contributed by atoms with van der Waals surface area (Å²) >= 11 is 6.73. The summed E-state index contributed by atoms with van der Waals surface area (Å²) in [4.78, 5) is 19.1. The summed E-state index contributed by atoms with van der Waals surface area (Å²) in [5.74, 6) is 0.555. The second-order valence-electron chi connectivity index (χ2n) is 6.98. The topological polar surface area (TPSA) is 121 Å². The first-order valence-corrected chi connectivity index (χ1v) is 11.1. The van der Waals surface area contributed by atoms with E-state index in [2.05, 4.69) is 73.0 Å². The molecule has 4 aromatic rings. The average Bonchev–Trinajstić information content (AvgIpc) is 2.78. The van der Waals surface area contributed by atoms with Gasteiger partial charge < -0.3 is 17.2 Å². The van der Waals surface area contributed by atoms with E-state index >= 15 is 0 Å². The molecule has 0 aliphatic heterocycles. The van der Waals surface area contributed by atoms with Gasteiger partial charge in [0, 0.05) is 38.0 Å². The summed E-state index contributed by atoms with van der Waals surface area (Å²) in [5, 5.41) is 0. The third-order valence-corrected chi connectivity index (χ3v) is 5.48. The standard InChI is InChI=1S/C12H10BrN3O.C12H11BrN2/c13-9-5-10(11(14)16-6-9)7-1-3-8(4-2-7)12(15)17;1-8-2-4-9(5-3-8)11-6-10(13)7-15-12(11)14/h1-6H,(H2,14,16)(H2,15,17);2-7H,1H3,(H2,14,15). The number of rotatable bonds is 3. The van der Waals surface area contributed by atoms with Crippen LogP contribution in [0, 0.1) is 6.92 Å². The molecule has 162 valence electrons. The summed E-state index contributed by atoms with van der Waals surface area (Å²) in [6.45, 7) is 2.06. The second kappa shape index (κ2) is 10.4. The fourth-order valence-corrected chi connectivity index (χ4v) is 3.57. The van der Waals surface area contributed by atoms with Gasteiger partial charge in [0.25, 0.3) is 0 Å². The lowest BCUT2D eigenvalue weighted by molar-refractivity contribution is 0.100. The van der Waals surface area contributed by atoms with Crippen molar-refractivity contribution < 1.29 is 4.79 Å². The van der Waals surface area contributed by atoms with Gasteiger partial charge in [-0.3, -0.25) is 4.79 Å². The van der Waals surface area contributed by atoms with Gasteiger partial charge in [-0.15, -0.1) is 0 Å². The minimum absolute atomic E-state index is 0.444. The summed E-state index contributed by atoms with van der Waals surface area (Å²) in [5.41, 5.74) is 22.3. The molecule has 0 spiro atoms. The molecule has 1 amide bonds. The molecule has 2 heterocycles. The number of amides is 1. The lowest BCUT2D eigenvalue weighted by atomic mass is 10.0. The largest absolute Gasteiger partial charge is 0.383 e. The molecule has 0 fully saturated rings. The number of hydrogen-bond acceptors (Lipinski definition) is 5. The van der Waals surface area contributed by atoms with Crippen LogP contribution < -0.4 is 17.2 Å². The van der Waals surface area contributed by atoms with Gasteiger partial charge in [0.15, 0.2) is 0 Å². The normalized spacial score (nSPS) is 10.2. The van der Waals surface area contributed by atoms with Gasteiger partial charge >= 0.3 is 0 Å². The predicted octanol–water partition coefficient (Wildman–Crippen LogP) is 5.59. The lowest BCUT2D eigenvalue weighted by Crippen LogP contribution is -2.10. The number of aromatic nitrogens is 2. The molecule has 2 aromatic heterocycles. The van der Waals surface area contributed by atoms with Gasteiger partial charge in [0.05, 0.1) is 0 Å². The van der Waals surface area contributed by atoms with Crippen molar-refractivity contribution in [3.8, 4) is 22.3 Å². The van der Waals surface area contributed by atoms with Gasteiger partial charge in [-0.2, -0.15) is 0 Å². The first kappa shape index (κ1) is 23.4. The summed E-state index contributed by atoms with van der Waals surface area (Å²) < 4.78 is 1.79. The minimum Gasteiger partial charge on any atom is -0.383 e. The number of nitrogens with zero attached hydrogens (tertiary/aromatic N) is 2. The van der Waals surface area contributed by atoms with Crippen molar-refractivity contribution in [1.82, 2.24) is 9.97 Å². The Morgan fingerprint density at radius 2 is 1.16 bits per heavy atom. The lowest BCUT2D eigenvalue weighted by Gasteiger charge is -2.06. The molecule has 32 heavy (non-hydrogen) atoms. The molecular formula is C24H21Br2N5O. The van der Waals surface area contributed by atoms with Crippen LogP contribution in [0.1, 0.15) is 15.9 Å². The number of nitrogen functional groups attached to an aromatic ring is 2. The van der Waals surface area contributed by atoms with E-state index < -0.39 is 5.91 Å². The maximum absolute atomic E-state index is 10.9. The Hall–Kier alpha value is -3.23. The van der Waals surface area contributed by atoms with Crippen LogP contribution in [-0.4, -0.2) is 15.9 Å². The fraction of sp³-hybridized carbons (Fsp3) is 0.0417. The van der Waals surface area contributed by atoms with Crippen molar-refractivity contribution in [3.05, 3.63) is 93.1 Å². The number of nitrogens with two attached hydrogens (primary N) is 3. The van der Waals surface area contributed by atoms with Gasteiger partial charge in [0.1, 0.15) is 11.6 Å². The SMILES string of the molecule is Cc1ccc(-c2cc(Br)cnc2N)cc1.NC(=O)c1ccc(-c2cc(Br)cnc2N)cc1. The number of hydrogen-bond donors (Lipinski definition) is 3. The monoisotopic (exact) mass is 553 g/mol. The predicted molar refractivity (Wildman–Crippen MR) is 137 cm³/mol. The van der Waals surface area contributed by atoms with Crippen molar-refractivity contribution in [1.29, 1.82) is 0 Å². The number of pyridine rings is 2. The van der Waals surface area contributed by atoms with Crippen LogP contribution >= 0.6 is 31.9 Å². The van der Waals surface area contributed by atoms with Crippen molar-refractivity contribution in [2.75, 3.05) is 11.5 Å². The highest BCUT2D eigenvalue weighted by Crippen LogP contribution is 2.28. The van der Waals surface area contributed by atoms with Crippen molar-refractivity contribution in [3.63, 3.8) is 0 Å². The maximum Gasteiger partial charge on any atom is 0.248 e. The van der Waals surface area contributed by atoms with E-state index in [4.69, 9.17) is 17.2 Å². The molecule has 6 N–H and O–H groups in total. The molecule has 0 saturated carbocycles. The highest BCUT2D eigenvalue weighted by molar-refractivity contribution is 9.10. The van der Waals surface area contributed by atoms with E-state index in [0.717, 1.165) is 31.2 Å². The number of benzene rings is 2. The molecule has 2 aromatic carbocycles. The highest BCUT2D eigenvalue weighted by Gasteiger charge is 2.06. The number of anilines is 2. The number of primary amides is 1. The van der Waals surface area contributed by atoms with Crippen LogP contribution in [0.25, 0.3) is 22.3 Å². The van der Waals surface area contributed by atoms with Crippen LogP contribution in [0.3, 0.4) is 0 Å². The van der Waals surface area contributed by atoms with E-state index in [9.17, 15) is 4.79 Å². The Labute approximate surface area is 203 Å². The van der Waals surface area contributed by atoms with Gasteiger partial charge in [-0.05, 0) is 74.2 Å². The zero-order valence-electron chi connectivity index (χ0n) is 17.2. The zero-order chi connectivity index (χ0) is 23.3. The minimum atomic E-state index is -0.447.